The molecule has 1 aliphatic carbocycles. The van der Waals surface area contributed by atoms with Crippen LogP contribution >= 0.6 is 0 Å². The number of hydrogen-bond donors (Lipinski definition) is 2. The van der Waals surface area contributed by atoms with E-state index in [1.54, 1.807) is 13.2 Å². The van der Waals surface area contributed by atoms with Crippen molar-refractivity contribution >= 4 is 5.96 Å². The van der Waals surface area contributed by atoms with Gasteiger partial charge in [0.05, 0.1) is 5.69 Å². The Bertz CT molecular complexity index is 715. The second-order valence-corrected chi connectivity index (χ2v) is 6.98. The summed E-state index contributed by atoms with van der Waals surface area (Å²) in [6.07, 6.45) is 5.43. The van der Waals surface area contributed by atoms with Crippen LogP contribution in [0.3, 0.4) is 0 Å². The van der Waals surface area contributed by atoms with Crippen LogP contribution in [0.4, 0.5) is 0 Å². The zero-order chi connectivity index (χ0) is 19.4. The summed E-state index contributed by atoms with van der Waals surface area (Å²) < 4.78 is 11.4. The molecule has 1 aromatic heterocycles. The molecule has 1 aliphatic rings. The molecule has 2 aromatic rings. The molecule has 1 saturated carbocycles. The third-order valence-corrected chi connectivity index (χ3v) is 4.53. The standard InChI is InChI=1S/C22H30N4O2/c1-23-22(25-13-4-14-27-16-19-6-7-19)26-15-18-8-10-21(11-9-18)28-17-20-5-2-3-12-24-20/h2-3,5,8-12,19H,4,6-7,13-17H2,1H3,(H2,23,25,26). The molecule has 3 rings (SSSR count). The average Bonchev–Trinajstić information content (AvgIpc) is 3.57. The van der Waals surface area contributed by atoms with E-state index in [1.165, 1.54) is 18.4 Å². The van der Waals surface area contributed by atoms with Gasteiger partial charge in [-0.25, -0.2) is 0 Å². The highest BCUT2D eigenvalue weighted by Gasteiger charge is 2.20. The second kappa shape index (κ2) is 11.3. The van der Waals surface area contributed by atoms with Gasteiger partial charge in [-0.1, -0.05) is 18.2 Å². The number of benzene rings is 1. The Hall–Kier alpha value is -2.60. The number of hydrogen-bond acceptors (Lipinski definition) is 4. The van der Waals surface area contributed by atoms with Crippen molar-refractivity contribution in [1.29, 1.82) is 0 Å². The zero-order valence-corrected chi connectivity index (χ0v) is 16.6. The average molecular weight is 383 g/mol. The number of aromatic nitrogens is 1. The molecule has 0 radical (unpaired) electrons. The Balaban J connectivity index is 1.31. The molecule has 0 aliphatic heterocycles. The highest BCUT2D eigenvalue weighted by molar-refractivity contribution is 5.79. The van der Waals surface area contributed by atoms with Crippen LogP contribution in [0.5, 0.6) is 5.75 Å². The quantitative estimate of drug-likeness (QED) is 0.355. The molecule has 1 fully saturated rings. The van der Waals surface area contributed by atoms with E-state index in [9.17, 15) is 0 Å². The maximum atomic E-state index is 5.77. The normalized spacial score (nSPS) is 14.0. The third-order valence-electron chi connectivity index (χ3n) is 4.53. The van der Waals surface area contributed by atoms with Crippen LogP contribution in [0.2, 0.25) is 0 Å². The van der Waals surface area contributed by atoms with E-state index in [2.05, 4.69) is 32.7 Å². The fraction of sp³-hybridized carbons (Fsp3) is 0.455. The number of aliphatic imine (C=N–C) groups is 1. The monoisotopic (exact) mass is 382 g/mol. The van der Waals surface area contributed by atoms with Gasteiger partial charge < -0.3 is 20.1 Å². The van der Waals surface area contributed by atoms with Crippen molar-refractivity contribution < 1.29 is 9.47 Å². The van der Waals surface area contributed by atoms with Crippen molar-refractivity contribution in [3.63, 3.8) is 0 Å². The number of nitrogens with one attached hydrogen (secondary N) is 2. The molecule has 1 aromatic carbocycles. The first-order valence-electron chi connectivity index (χ1n) is 9.97. The second-order valence-electron chi connectivity index (χ2n) is 6.98. The molecule has 0 spiro atoms. The number of guanidine groups is 1. The molecule has 0 bridgehead atoms. The summed E-state index contributed by atoms with van der Waals surface area (Å²) in [7, 11) is 1.79. The van der Waals surface area contributed by atoms with E-state index in [0.717, 1.165) is 49.5 Å². The first-order valence-corrected chi connectivity index (χ1v) is 9.97. The van der Waals surface area contributed by atoms with Gasteiger partial charge >= 0.3 is 0 Å². The summed E-state index contributed by atoms with van der Waals surface area (Å²) in [5.74, 6) is 2.47. The van der Waals surface area contributed by atoms with Gasteiger partial charge in [0, 0.05) is 39.5 Å². The number of ether oxygens (including phenoxy) is 2. The van der Waals surface area contributed by atoms with Crippen LogP contribution in [0.15, 0.2) is 53.7 Å². The van der Waals surface area contributed by atoms with Gasteiger partial charge in [-0.2, -0.15) is 0 Å². The molecule has 150 valence electrons. The van der Waals surface area contributed by atoms with Crippen molar-refractivity contribution in [1.82, 2.24) is 15.6 Å². The smallest absolute Gasteiger partial charge is 0.191 e. The lowest BCUT2D eigenvalue weighted by Crippen LogP contribution is -2.37. The Morgan fingerprint density at radius 1 is 1.14 bits per heavy atom. The van der Waals surface area contributed by atoms with Crippen LogP contribution in [-0.2, 0) is 17.9 Å². The molecule has 0 unspecified atom stereocenters. The van der Waals surface area contributed by atoms with Gasteiger partial charge in [0.25, 0.3) is 0 Å². The van der Waals surface area contributed by atoms with E-state index in [-0.39, 0.29) is 0 Å². The lowest BCUT2D eigenvalue weighted by atomic mass is 10.2. The lowest BCUT2D eigenvalue weighted by molar-refractivity contribution is 0.123. The Labute approximate surface area is 167 Å². The van der Waals surface area contributed by atoms with Gasteiger partial charge in [0.2, 0.25) is 0 Å². The lowest BCUT2D eigenvalue weighted by Gasteiger charge is -2.12. The topological polar surface area (TPSA) is 67.8 Å². The number of nitrogens with zero attached hydrogens (tertiary/aromatic N) is 2. The van der Waals surface area contributed by atoms with Gasteiger partial charge in [-0.3, -0.25) is 9.98 Å². The van der Waals surface area contributed by atoms with Gasteiger partial charge in [-0.05, 0) is 55.0 Å². The van der Waals surface area contributed by atoms with Crippen LogP contribution in [0, 0.1) is 5.92 Å². The van der Waals surface area contributed by atoms with Crippen molar-refractivity contribution in [2.45, 2.75) is 32.4 Å². The largest absolute Gasteiger partial charge is 0.487 e. The van der Waals surface area contributed by atoms with Crippen LogP contribution < -0.4 is 15.4 Å². The summed E-state index contributed by atoms with van der Waals surface area (Å²) in [6.45, 7) is 3.76. The van der Waals surface area contributed by atoms with Crippen LogP contribution in [0.1, 0.15) is 30.5 Å². The van der Waals surface area contributed by atoms with Crippen molar-refractivity contribution in [2.75, 3.05) is 26.8 Å². The summed E-state index contributed by atoms with van der Waals surface area (Å²) in [5.41, 5.74) is 2.09. The van der Waals surface area contributed by atoms with Crippen molar-refractivity contribution in [3.05, 3.63) is 59.9 Å². The first-order chi connectivity index (χ1) is 13.8. The highest BCUT2D eigenvalue weighted by atomic mass is 16.5. The summed E-state index contributed by atoms with van der Waals surface area (Å²) in [4.78, 5) is 8.52. The maximum Gasteiger partial charge on any atom is 0.191 e. The van der Waals surface area contributed by atoms with Gasteiger partial charge in [0.1, 0.15) is 12.4 Å². The fourth-order valence-corrected chi connectivity index (χ4v) is 2.67. The minimum Gasteiger partial charge on any atom is -0.487 e. The van der Waals surface area contributed by atoms with E-state index in [1.807, 2.05) is 30.3 Å². The molecule has 2 N–H and O–H groups in total. The van der Waals surface area contributed by atoms with Gasteiger partial charge in [-0.15, -0.1) is 0 Å². The molecule has 0 atom stereocenters. The van der Waals surface area contributed by atoms with Crippen molar-refractivity contribution in [3.8, 4) is 5.75 Å². The predicted molar refractivity (Wildman–Crippen MR) is 111 cm³/mol. The van der Waals surface area contributed by atoms with Crippen LogP contribution in [-0.4, -0.2) is 37.7 Å². The molecule has 6 nitrogen and oxygen atoms in total. The summed E-state index contributed by atoms with van der Waals surface area (Å²) >= 11 is 0. The number of pyridine rings is 1. The van der Waals surface area contributed by atoms with Gasteiger partial charge in [0.15, 0.2) is 5.96 Å². The molecule has 0 saturated heterocycles. The van der Waals surface area contributed by atoms with E-state index in [0.29, 0.717) is 13.2 Å². The van der Waals surface area contributed by atoms with Crippen LogP contribution in [0.25, 0.3) is 0 Å². The summed E-state index contributed by atoms with van der Waals surface area (Å²) in [5, 5.41) is 6.65. The van der Waals surface area contributed by atoms with E-state index < -0.39 is 0 Å². The Morgan fingerprint density at radius 3 is 2.71 bits per heavy atom. The van der Waals surface area contributed by atoms with E-state index in [4.69, 9.17) is 9.47 Å². The minimum absolute atomic E-state index is 0.472. The van der Waals surface area contributed by atoms with E-state index >= 15 is 0 Å². The number of rotatable bonds is 11. The molecule has 28 heavy (non-hydrogen) atoms. The first kappa shape index (κ1) is 20.1. The molecule has 1 heterocycles. The SMILES string of the molecule is CN=C(NCCCOCC1CC1)NCc1ccc(OCc2ccccn2)cc1. The fourth-order valence-electron chi connectivity index (χ4n) is 2.67. The molecule has 0 amide bonds. The van der Waals surface area contributed by atoms with Crippen molar-refractivity contribution in [2.24, 2.45) is 10.9 Å². The Kier molecular flexibility index (Phi) is 8.12. The highest BCUT2D eigenvalue weighted by Crippen LogP contribution is 2.28. The molecular formula is C22H30N4O2. The third kappa shape index (κ3) is 7.56. The molecular weight excluding hydrogens is 352 g/mol. The Morgan fingerprint density at radius 2 is 2.00 bits per heavy atom. The minimum atomic E-state index is 0.472. The summed E-state index contributed by atoms with van der Waals surface area (Å²) in [6, 6.07) is 13.9. The molecule has 6 heteroatoms. The zero-order valence-electron chi connectivity index (χ0n) is 16.6. The predicted octanol–water partition coefficient (Wildman–Crippen LogP) is 3.14. The maximum absolute atomic E-state index is 5.77.